The molecular weight excluding hydrogens is 218 g/mol. The molecule has 1 atom stereocenters. The molecule has 0 aromatic rings. The van der Waals surface area contributed by atoms with Crippen molar-refractivity contribution < 1.29 is 14.6 Å². The lowest BCUT2D eigenvalue weighted by Crippen LogP contribution is -2.56. The van der Waals surface area contributed by atoms with Crippen LogP contribution in [0, 0.1) is 0 Å². The Kier molecular flexibility index (Phi) is 5.92. The van der Waals surface area contributed by atoms with Gasteiger partial charge in [-0.3, -0.25) is 10.1 Å². The van der Waals surface area contributed by atoms with Gasteiger partial charge in [0.05, 0.1) is 6.61 Å². The van der Waals surface area contributed by atoms with Gasteiger partial charge in [0, 0.05) is 12.6 Å². The Morgan fingerprint density at radius 1 is 1.35 bits per heavy atom. The van der Waals surface area contributed by atoms with Gasteiger partial charge in [0.2, 0.25) is 0 Å². The second-order valence-electron chi connectivity index (χ2n) is 5.01. The van der Waals surface area contributed by atoms with Crippen LogP contribution in [0.25, 0.3) is 0 Å². The number of nitrogens with one attached hydrogen (secondary N) is 1. The van der Waals surface area contributed by atoms with Crippen LogP contribution < -0.4 is 5.32 Å². The Morgan fingerprint density at radius 3 is 2.41 bits per heavy atom. The van der Waals surface area contributed by atoms with Crippen molar-refractivity contribution in [3.8, 4) is 0 Å². The van der Waals surface area contributed by atoms with Crippen molar-refractivity contribution in [1.82, 2.24) is 5.32 Å². The lowest BCUT2D eigenvalue weighted by Gasteiger charge is -2.32. The summed E-state index contributed by atoms with van der Waals surface area (Å²) in [6, 6.07) is 0.0872. The minimum atomic E-state index is -0.729. The number of aliphatic carboxylic acids is 1. The van der Waals surface area contributed by atoms with Gasteiger partial charge in [-0.25, -0.2) is 0 Å². The van der Waals surface area contributed by atoms with Gasteiger partial charge in [0.25, 0.3) is 0 Å². The van der Waals surface area contributed by atoms with Gasteiger partial charge in [-0.1, -0.05) is 25.7 Å². The largest absolute Gasteiger partial charge is 0.480 e. The molecule has 0 spiro atoms. The zero-order valence-corrected chi connectivity index (χ0v) is 11.0. The van der Waals surface area contributed by atoms with E-state index in [0.717, 1.165) is 38.5 Å². The number of carboxylic acid groups (broad SMARTS) is 1. The van der Waals surface area contributed by atoms with Crippen LogP contribution in [0.2, 0.25) is 0 Å². The van der Waals surface area contributed by atoms with E-state index in [0.29, 0.717) is 13.2 Å². The third-order valence-electron chi connectivity index (χ3n) is 3.46. The first-order valence-electron chi connectivity index (χ1n) is 6.69. The quantitative estimate of drug-likeness (QED) is 0.702. The molecule has 4 heteroatoms. The third-order valence-corrected chi connectivity index (χ3v) is 3.46. The van der Waals surface area contributed by atoms with Crippen molar-refractivity contribution >= 4 is 5.97 Å². The summed E-state index contributed by atoms with van der Waals surface area (Å²) >= 11 is 0. The van der Waals surface area contributed by atoms with Crippen LogP contribution in [0.15, 0.2) is 0 Å². The highest BCUT2D eigenvalue weighted by Gasteiger charge is 2.39. The number of hydrogen-bond donors (Lipinski definition) is 2. The van der Waals surface area contributed by atoms with Crippen LogP contribution in [-0.2, 0) is 9.53 Å². The summed E-state index contributed by atoms with van der Waals surface area (Å²) in [6.07, 6.45) is 5.77. The van der Waals surface area contributed by atoms with Crippen LogP contribution >= 0.6 is 0 Å². The van der Waals surface area contributed by atoms with Gasteiger partial charge >= 0.3 is 5.97 Å². The molecule has 2 N–H and O–H groups in total. The van der Waals surface area contributed by atoms with Gasteiger partial charge in [-0.2, -0.15) is 0 Å². The van der Waals surface area contributed by atoms with Crippen molar-refractivity contribution in [3.05, 3.63) is 0 Å². The number of ether oxygens (including phenoxy) is 1. The first kappa shape index (κ1) is 14.5. The molecule has 1 rings (SSSR count). The van der Waals surface area contributed by atoms with E-state index in [1.807, 2.05) is 13.8 Å². The van der Waals surface area contributed by atoms with E-state index in [2.05, 4.69) is 5.32 Å². The molecule has 4 nitrogen and oxygen atoms in total. The van der Waals surface area contributed by atoms with E-state index in [1.54, 1.807) is 0 Å². The Hall–Kier alpha value is -0.610. The zero-order valence-electron chi connectivity index (χ0n) is 11.0. The maximum Gasteiger partial charge on any atom is 0.323 e. The fourth-order valence-corrected chi connectivity index (χ4v) is 2.56. The van der Waals surface area contributed by atoms with Crippen LogP contribution in [0.5, 0.6) is 0 Å². The highest BCUT2D eigenvalue weighted by Crippen LogP contribution is 2.28. The number of carbonyl (C=O) groups is 1. The van der Waals surface area contributed by atoms with E-state index in [4.69, 9.17) is 4.74 Å². The van der Waals surface area contributed by atoms with Crippen LogP contribution in [0.4, 0.5) is 0 Å². The van der Waals surface area contributed by atoms with Crippen molar-refractivity contribution in [2.45, 2.75) is 64.0 Å². The molecule has 1 aliphatic carbocycles. The Labute approximate surface area is 104 Å². The van der Waals surface area contributed by atoms with E-state index >= 15 is 0 Å². The fourth-order valence-electron chi connectivity index (χ4n) is 2.56. The topological polar surface area (TPSA) is 58.6 Å². The van der Waals surface area contributed by atoms with Gasteiger partial charge in [0.15, 0.2) is 0 Å². The molecule has 0 heterocycles. The van der Waals surface area contributed by atoms with E-state index in [9.17, 15) is 9.90 Å². The highest BCUT2D eigenvalue weighted by atomic mass is 16.5. The predicted molar refractivity (Wildman–Crippen MR) is 67.2 cm³/mol. The Bertz CT molecular complexity index is 235. The molecule has 0 aromatic carbocycles. The molecule has 17 heavy (non-hydrogen) atoms. The first-order valence-corrected chi connectivity index (χ1v) is 6.69. The van der Waals surface area contributed by atoms with Gasteiger partial charge < -0.3 is 9.84 Å². The fraction of sp³-hybridized carbons (Fsp3) is 0.923. The molecule has 0 aromatic heterocycles. The predicted octanol–water partition coefficient (Wildman–Crippen LogP) is 2.18. The normalized spacial score (nSPS) is 21.8. The molecule has 0 aliphatic heterocycles. The molecule has 0 bridgehead atoms. The lowest BCUT2D eigenvalue weighted by molar-refractivity contribution is -0.146. The van der Waals surface area contributed by atoms with Crippen LogP contribution in [-0.4, -0.2) is 35.9 Å². The molecular formula is C13H25NO3. The summed E-state index contributed by atoms with van der Waals surface area (Å²) in [7, 11) is 0. The minimum Gasteiger partial charge on any atom is -0.480 e. The molecule has 1 aliphatic rings. The zero-order chi connectivity index (χ0) is 12.7. The van der Waals surface area contributed by atoms with E-state index in [-0.39, 0.29) is 6.04 Å². The second kappa shape index (κ2) is 6.97. The van der Waals surface area contributed by atoms with Crippen molar-refractivity contribution in [1.29, 1.82) is 0 Å². The number of hydrogen-bond acceptors (Lipinski definition) is 3. The molecule has 1 unspecified atom stereocenters. The van der Waals surface area contributed by atoms with Crippen LogP contribution in [0.3, 0.4) is 0 Å². The average Bonchev–Trinajstić information content (AvgIpc) is 2.53. The number of carboxylic acids is 1. The smallest absolute Gasteiger partial charge is 0.323 e. The van der Waals surface area contributed by atoms with E-state index in [1.165, 1.54) is 0 Å². The van der Waals surface area contributed by atoms with Crippen molar-refractivity contribution in [2.75, 3.05) is 13.2 Å². The molecule has 0 saturated heterocycles. The van der Waals surface area contributed by atoms with Gasteiger partial charge in [0.1, 0.15) is 5.54 Å². The van der Waals surface area contributed by atoms with Gasteiger partial charge in [-0.05, 0) is 26.7 Å². The molecule has 100 valence electrons. The van der Waals surface area contributed by atoms with Crippen molar-refractivity contribution in [3.63, 3.8) is 0 Å². The van der Waals surface area contributed by atoms with E-state index < -0.39 is 11.5 Å². The SMILES string of the molecule is CCOCC(C)NC1(C(=O)O)CCCCCC1. The third kappa shape index (κ3) is 4.28. The molecule has 1 fully saturated rings. The Balaban J connectivity index is 2.60. The number of rotatable bonds is 6. The summed E-state index contributed by atoms with van der Waals surface area (Å²) in [5.74, 6) is -0.706. The second-order valence-corrected chi connectivity index (χ2v) is 5.01. The monoisotopic (exact) mass is 243 g/mol. The summed E-state index contributed by atoms with van der Waals surface area (Å²) in [4.78, 5) is 11.5. The summed E-state index contributed by atoms with van der Waals surface area (Å²) in [5.41, 5.74) is -0.729. The maximum atomic E-state index is 11.5. The summed E-state index contributed by atoms with van der Waals surface area (Å²) < 4.78 is 5.34. The van der Waals surface area contributed by atoms with Crippen LogP contribution in [0.1, 0.15) is 52.4 Å². The lowest BCUT2D eigenvalue weighted by atomic mass is 9.89. The minimum absolute atomic E-state index is 0.0872. The first-order chi connectivity index (χ1) is 8.10. The summed E-state index contributed by atoms with van der Waals surface area (Å²) in [6.45, 7) is 5.19. The van der Waals surface area contributed by atoms with Gasteiger partial charge in [-0.15, -0.1) is 0 Å². The Morgan fingerprint density at radius 2 is 1.94 bits per heavy atom. The van der Waals surface area contributed by atoms with Crippen molar-refractivity contribution in [2.24, 2.45) is 0 Å². The average molecular weight is 243 g/mol. The standard InChI is InChI=1S/C13H25NO3/c1-3-17-10-11(2)14-13(12(15)16)8-6-4-5-7-9-13/h11,14H,3-10H2,1-2H3,(H,15,16). The maximum absolute atomic E-state index is 11.5. The molecule has 1 saturated carbocycles. The molecule has 0 radical (unpaired) electrons. The molecule has 0 amide bonds. The highest BCUT2D eigenvalue weighted by molar-refractivity contribution is 5.78. The summed E-state index contributed by atoms with van der Waals surface area (Å²) in [5, 5.41) is 12.8.